The van der Waals surface area contributed by atoms with Crippen molar-refractivity contribution in [3.63, 3.8) is 0 Å². The molecule has 0 bridgehead atoms. The first-order valence-corrected chi connectivity index (χ1v) is 5.62. The van der Waals surface area contributed by atoms with E-state index < -0.39 is 0 Å². The summed E-state index contributed by atoms with van der Waals surface area (Å²) in [6, 6.07) is 8.94. The lowest BCUT2D eigenvalue weighted by atomic mass is 9.87. The van der Waals surface area contributed by atoms with E-state index in [1.165, 1.54) is 18.4 Å². The van der Waals surface area contributed by atoms with Crippen LogP contribution in [0.4, 0.5) is 0 Å². The van der Waals surface area contributed by atoms with E-state index >= 15 is 0 Å². The summed E-state index contributed by atoms with van der Waals surface area (Å²) in [5, 5.41) is 4.30. The first-order chi connectivity index (χ1) is 6.75. The van der Waals surface area contributed by atoms with Crippen molar-refractivity contribution in [2.45, 2.75) is 31.7 Å². The highest BCUT2D eigenvalue weighted by atomic mass is 35.5. The third-order valence-electron chi connectivity index (χ3n) is 2.97. The van der Waals surface area contributed by atoms with Gasteiger partial charge in [-0.2, -0.15) is 0 Å². The third kappa shape index (κ3) is 2.28. The van der Waals surface area contributed by atoms with Crippen molar-refractivity contribution in [2.24, 2.45) is 0 Å². The first-order valence-electron chi connectivity index (χ1n) is 5.24. The Bertz CT molecular complexity index is 294. The Kier molecular flexibility index (Phi) is 3.09. The average Bonchev–Trinajstić information content (AvgIpc) is 2.19. The van der Waals surface area contributed by atoms with Gasteiger partial charge >= 0.3 is 0 Å². The Labute approximate surface area is 90.5 Å². The number of halogens is 1. The topological polar surface area (TPSA) is 12.0 Å². The number of nitrogens with one attached hydrogen (secondary N) is 1. The number of hydrogen-bond acceptors (Lipinski definition) is 1. The Morgan fingerprint density at radius 3 is 2.64 bits per heavy atom. The van der Waals surface area contributed by atoms with Crippen LogP contribution in [0.25, 0.3) is 0 Å². The smallest absolute Gasteiger partial charge is 0.0406 e. The number of benzene rings is 1. The van der Waals surface area contributed by atoms with Crippen LogP contribution in [0.15, 0.2) is 24.3 Å². The molecular formula is C12H16ClN. The summed E-state index contributed by atoms with van der Waals surface area (Å²) in [7, 11) is 0. The molecule has 2 rings (SSSR count). The van der Waals surface area contributed by atoms with Crippen molar-refractivity contribution >= 4 is 11.6 Å². The van der Waals surface area contributed by atoms with Crippen molar-refractivity contribution in [3.8, 4) is 0 Å². The maximum atomic E-state index is 5.87. The van der Waals surface area contributed by atoms with Gasteiger partial charge < -0.3 is 5.32 Å². The molecule has 2 atom stereocenters. The summed E-state index contributed by atoms with van der Waals surface area (Å²) in [6.45, 7) is 3.39. The van der Waals surface area contributed by atoms with E-state index in [1.807, 2.05) is 12.1 Å². The fourth-order valence-corrected chi connectivity index (χ4v) is 2.30. The van der Waals surface area contributed by atoms with Gasteiger partial charge in [-0.1, -0.05) is 23.7 Å². The van der Waals surface area contributed by atoms with Crippen LogP contribution in [0, 0.1) is 0 Å². The molecule has 14 heavy (non-hydrogen) atoms. The zero-order valence-electron chi connectivity index (χ0n) is 8.46. The van der Waals surface area contributed by atoms with Gasteiger partial charge in [0.1, 0.15) is 0 Å². The Morgan fingerprint density at radius 2 is 2.00 bits per heavy atom. The molecule has 1 aliphatic rings. The lowest BCUT2D eigenvalue weighted by molar-refractivity contribution is 0.381. The zero-order chi connectivity index (χ0) is 9.97. The van der Waals surface area contributed by atoms with Crippen LogP contribution >= 0.6 is 11.6 Å². The lowest BCUT2D eigenvalue weighted by Crippen LogP contribution is -2.34. The van der Waals surface area contributed by atoms with Crippen molar-refractivity contribution in [1.82, 2.24) is 5.32 Å². The van der Waals surface area contributed by atoms with Gasteiger partial charge in [0.05, 0.1) is 0 Å². The molecule has 1 N–H and O–H groups in total. The summed E-state index contributed by atoms with van der Waals surface area (Å²) < 4.78 is 0. The fourth-order valence-electron chi connectivity index (χ4n) is 2.17. The fraction of sp³-hybridized carbons (Fsp3) is 0.500. The molecule has 0 aromatic heterocycles. The second-order valence-electron chi connectivity index (χ2n) is 4.13. The SMILES string of the molecule is CC1CC(c2ccc(Cl)cc2)CCN1. The van der Waals surface area contributed by atoms with Crippen molar-refractivity contribution < 1.29 is 0 Å². The molecule has 1 aliphatic heterocycles. The molecule has 1 aromatic rings. The number of piperidine rings is 1. The van der Waals surface area contributed by atoms with E-state index in [2.05, 4.69) is 24.4 Å². The van der Waals surface area contributed by atoms with Crippen LogP contribution in [0.5, 0.6) is 0 Å². The molecule has 1 heterocycles. The second kappa shape index (κ2) is 4.33. The highest BCUT2D eigenvalue weighted by Gasteiger charge is 2.19. The molecule has 1 aromatic carbocycles. The van der Waals surface area contributed by atoms with Gasteiger partial charge in [-0.3, -0.25) is 0 Å². The van der Waals surface area contributed by atoms with E-state index in [4.69, 9.17) is 11.6 Å². The summed E-state index contributed by atoms with van der Waals surface area (Å²) in [4.78, 5) is 0. The highest BCUT2D eigenvalue weighted by molar-refractivity contribution is 6.30. The summed E-state index contributed by atoms with van der Waals surface area (Å²) in [5.74, 6) is 0.712. The lowest BCUT2D eigenvalue weighted by Gasteiger charge is -2.28. The minimum Gasteiger partial charge on any atom is -0.314 e. The van der Waals surface area contributed by atoms with E-state index in [0.29, 0.717) is 12.0 Å². The maximum absolute atomic E-state index is 5.87. The second-order valence-corrected chi connectivity index (χ2v) is 4.56. The van der Waals surface area contributed by atoms with Crippen molar-refractivity contribution in [2.75, 3.05) is 6.54 Å². The van der Waals surface area contributed by atoms with E-state index in [0.717, 1.165) is 11.6 Å². The van der Waals surface area contributed by atoms with Crippen LogP contribution in [0.2, 0.25) is 5.02 Å². The Balaban J connectivity index is 2.10. The minimum atomic E-state index is 0.643. The maximum Gasteiger partial charge on any atom is 0.0406 e. The molecule has 2 heteroatoms. The minimum absolute atomic E-state index is 0.643. The summed E-state index contributed by atoms with van der Waals surface area (Å²) in [5.41, 5.74) is 1.43. The Hall–Kier alpha value is -0.530. The van der Waals surface area contributed by atoms with E-state index in [9.17, 15) is 0 Å². The van der Waals surface area contributed by atoms with Crippen LogP contribution in [-0.4, -0.2) is 12.6 Å². The first kappa shape index (κ1) is 10.0. The molecule has 1 saturated heterocycles. The van der Waals surface area contributed by atoms with Crippen LogP contribution < -0.4 is 5.32 Å². The van der Waals surface area contributed by atoms with Gasteiger partial charge in [0.25, 0.3) is 0 Å². The summed E-state index contributed by atoms with van der Waals surface area (Å²) in [6.07, 6.45) is 2.48. The van der Waals surface area contributed by atoms with Gasteiger partial charge in [-0.25, -0.2) is 0 Å². The standard InChI is InChI=1S/C12H16ClN/c1-9-8-11(6-7-14-9)10-2-4-12(13)5-3-10/h2-5,9,11,14H,6-8H2,1H3. The predicted molar refractivity (Wildman–Crippen MR) is 60.9 cm³/mol. The van der Waals surface area contributed by atoms with Crippen molar-refractivity contribution in [1.29, 1.82) is 0 Å². The van der Waals surface area contributed by atoms with Gasteiger partial charge in [0, 0.05) is 11.1 Å². The molecule has 0 spiro atoms. The molecule has 0 aliphatic carbocycles. The molecule has 2 unspecified atom stereocenters. The molecule has 0 saturated carbocycles. The molecule has 1 fully saturated rings. The number of hydrogen-bond donors (Lipinski definition) is 1. The zero-order valence-corrected chi connectivity index (χ0v) is 9.22. The van der Waals surface area contributed by atoms with Gasteiger partial charge in [-0.15, -0.1) is 0 Å². The van der Waals surface area contributed by atoms with E-state index in [-0.39, 0.29) is 0 Å². The quantitative estimate of drug-likeness (QED) is 0.749. The predicted octanol–water partition coefficient (Wildman–Crippen LogP) is 3.20. The van der Waals surface area contributed by atoms with Crippen molar-refractivity contribution in [3.05, 3.63) is 34.9 Å². The monoisotopic (exact) mass is 209 g/mol. The third-order valence-corrected chi connectivity index (χ3v) is 3.22. The number of rotatable bonds is 1. The molecule has 1 nitrogen and oxygen atoms in total. The molecule has 0 radical (unpaired) electrons. The summed E-state index contributed by atoms with van der Waals surface area (Å²) >= 11 is 5.87. The van der Waals surface area contributed by atoms with Crippen LogP contribution in [0.1, 0.15) is 31.2 Å². The van der Waals surface area contributed by atoms with Gasteiger partial charge in [0.2, 0.25) is 0 Å². The van der Waals surface area contributed by atoms with E-state index in [1.54, 1.807) is 0 Å². The molecular weight excluding hydrogens is 194 g/mol. The van der Waals surface area contributed by atoms with Crippen LogP contribution in [-0.2, 0) is 0 Å². The largest absolute Gasteiger partial charge is 0.314 e. The Morgan fingerprint density at radius 1 is 1.29 bits per heavy atom. The average molecular weight is 210 g/mol. The highest BCUT2D eigenvalue weighted by Crippen LogP contribution is 2.28. The van der Waals surface area contributed by atoms with Gasteiger partial charge in [-0.05, 0) is 49.9 Å². The normalized spacial score (nSPS) is 27.6. The molecule has 76 valence electrons. The van der Waals surface area contributed by atoms with Gasteiger partial charge in [0.15, 0.2) is 0 Å². The van der Waals surface area contributed by atoms with Crippen LogP contribution in [0.3, 0.4) is 0 Å². The molecule has 0 amide bonds.